The second-order valence-electron chi connectivity index (χ2n) is 17.2. The van der Waals surface area contributed by atoms with E-state index in [-0.39, 0.29) is 38.2 Å². The third kappa shape index (κ3) is 17.6. The van der Waals surface area contributed by atoms with Crippen LogP contribution in [-0.2, 0) is 73.0 Å². The first-order valence-electron chi connectivity index (χ1n) is 17.9. The van der Waals surface area contributed by atoms with Crippen LogP contribution < -0.4 is 9.79 Å². The van der Waals surface area contributed by atoms with Crippen molar-refractivity contribution in [2.75, 3.05) is 0 Å². The van der Waals surface area contributed by atoms with Crippen LogP contribution in [-0.4, -0.2) is 10.2 Å². The van der Waals surface area contributed by atoms with Gasteiger partial charge in [0.25, 0.3) is 0 Å². The van der Waals surface area contributed by atoms with Gasteiger partial charge in [-0.3, -0.25) is 0 Å². The zero-order chi connectivity index (χ0) is 39.9. The number of phenols is 2. The second-order valence-corrected chi connectivity index (χ2v) is 17.6. The van der Waals surface area contributed by atoms with E-state index in [1.165, 1.54) is 22.3 Å². The van der Waals surface area contributed by atoms with Gasteiger partial charge >= 0.3 is 16.5 Å². The average Bonchev–Trinajstić information content (AvgIpc) is 3.03. The summed E-state index contributed by atoms with van der Waals surface area (Å²) in [7, 11) is -3.50. The molecule has 4 aromatic rings. The van der Waals surface area contributed by atoms with Crippen LogP contribution in [0.25, 0.3) is 0 Å². The van der Waals surface area contributed by atoms with Gasteiger partial charge in [-0.15, -0.1) is 0 Å². The van der Waals surface area contributed by atoms with Crippen LogP contribution in [0.15, 0.2) is 84.9 Å². The van der Waals surface area contributed by atoms with E-state index in [9.17, 15) is 10.2 Å². The molecular weight excluding hydrogens is 745 g/mol. The fraction of sp³-hybridized carbons (Fsp3) is 0.455. The maximum Gasteiger partial charge on any atom is 2.00 e. The Morgan fingerprint density at radius 3 is 0.811 bits per heavy atom. The molecule has 0 saturated carbocycles. The van der Waals surface area contributed by atoms with Crippen molar-refractivity contribution in [2.24, 2.45) is 0 Å². The summed E-state index contributed by atoms with van der Waals surface area (Å²) in [6, 6.07) is 29.9. The zero-order valence-electron chi connectivity index (χ0n) is 33.9. The number of hydrogen-bond acceptors (Lipinski definition) is 6. The first-order chi connectivity index (χ1) is 24.0. The van der Waals surface area contributed by atoms with Gasteiger partial charge in [-0.25, -0.2) is 0 Å². The first-order valence-corrected chi connectivity index (χ1v) is 19.8. The maximum absolute atomic E-state index is 10.8. The Kier molecular flexibility index (Phi) is 21.5. The number of hydrogen-bond donors (Lipinski definition) is 2. The first kappa shape index (κ1) is 50.4. The van der Waals surface area contributed by atoms with Gasteiger partial charge in [-0.2, -0.15) is 0 Å². The summed E-state index contributed by atoms with van der Waals surface area (Å²) in [5.74, 6) is 0.932. The Bertz CT molecular complexity index is 1480. The van der Waals surface area contributed by atoms with E-state index in [1.54, 1.807) is 0 Å². The molecule has 296 valence electrons. The molecule has 2 atom stereocenters. The minimum Gasteiger partial charge on any atom is -0.804 e. The molecule has 0 radical (unpaired) electrons. The molecule has 0 saturated heterocycles. The predicted molar refractivity (Wildman–Crippen MR) is 220 cm³/mol. The summed E-state index contributed by atoms with van der Waals surface area (Å²) >= 11 is 0. The van der Waals surface area contributed by atoms with E-state index in [4.69, 9.17) is 18.9 Å². The maximum atomic E-state index is 10.8. The van der Waals surface area contributed by atoms with Crippen molar-refractivity contribution in [3.63, 3.8) is 0 Å². The number of benzene rings is 4. The molecule has 0 bridgehead atoms. The van der Waals surface area contributed by atoms with Crippen LogP contribution in [0.5, 0.6) is 11.5 Å². The van der Waals surface area contributed by atoms with Gasteiger partial charge in [-0.1, -0.05) is 168 Å². The standard InChI is InChI=1S/2C22H30O.Ni.2H3O2P/c2*1-21(2,3)18-14-17(13-12-16-10-8-7-9-11-16)15-19(20(18)23)22(4,5)6;;2*1-3-2/h2*7-11,14-15,23H,12-13H2,1-6H3;;2*3H2,(H,1,2)/q;;+2;;/p-2. The summed E-state index contributed by atoms with van der Waals surface area (Å²) < 4.78 is 16.9. The van der Waals surface area contributed by atoms with Crippen LogP contribution in [0.2, 0.25) is 0 Å². The number of rotatable bonds is 6. The number of phenolic OH excluding ortho intramolecular Hbond substituents is 2. The molecule has 0 aromatic heterocycles. The molecule has 0 heterocycles. The van der Waals surface area contributed by atoms with Crippen molar-refractivity contribution >= 4 is 17.4 Å². The van der Waals surface area contributed by atoms with Crippen LogP contribution in [0.4, 0.5) is 0 Å². The third-order valence-electron chi connectivity index (χ3n) is 8.66. The summed E-state index contributed by atoms with van der Waals surface area (Å²) in [6.45, 7) is 25.9. The summed E-state index contributed by atoms with van der Waals surface area (Å²) in [5.41, 5.74) is 9.27. The van der Waals surface area contributed by atoms with E-state index >= 15 is 0 Å². The summed E-state index contributed by atoms with van der Waals surface area (Å²) in [6.07, 6.45) is 4.05. The number of aryl methyl sites for hydroxylation is 4. The fourth-order valence-corrected chi connectivity index (χ4v) is 5.83. The van der Waals surface area contributed by atoms with Gasteiger partial charge in [0, 0.05) is 0 Å². The van der Waals surface area contributed by atoms with Crippen LogP contribution in [0.3, 0.4) is 0 Å². The SMILES string of the molecule is CC(C)(C)c1cc(CCc2ccccc2)cc(C(C)(C)C)c1O.CC(C)(C)c1cc(CCc2ccccc2)cc(C(C)(C)C)c1O.O=[PH2][O-].O=[PH2][O-].[Ni+2]. The van der Waals surface area contributed by atoms with Crippen LogP contribution in [0, 0.1) is 0 Å². The quantitative estimate of drug-likeness (QED) is 0.148. The van der Waals surface area contributed by atoms with Crippen molar-refractivity contribution < 1.29 is 45.6 Å². The smallest absolute Gasteiger partial charge is 0.804 e. The molecule has 2 unspecified atom stereocenters. The molecule has 4 aromatic carbocycles. The third-order valence-corrected chi connectivity index (χ3v) is 8.66. The molecule has 0 amide bonds. The predicted octanol–water partition coefficient (Wildman–Crippen LogP) is 9.58. The zero-order valence-corrected chi connectivity index (χ0v) is 37.2. The molecule has 6 nitrogen and oxygen atoms in total. The fourth-order valence-electron chi connectivity index (χ4n) is 5.83. The van der Waals surface area contributed by atoms with E-state index in [0.29, 0.717) is 11.5 Å². The Morgan fingerprint density at radius 2 is 0.623 bits per heavy atom. The molecule has 0 spiro atoms. The van der Waals surface area contributed by atoms with Crippen molar-refractivity contribution in [1.82, 2.24) is 0 Å². The van der Waals surface area contributed by atoms with Gasteiger partial charge in [0.1, 0.15) is 11.5 Å². The molecule has 0 aliphatic carbocycles. The van der Waals surface area contributed by atoms with E-state index in [2.05, 4.69) is 168 Å². The van der Waals surface area contributed by atoms with E-state index in [1.807, 2.05) is 0 Å². The Balaban J connectivity index is 0.000000874. The molecular formula is C44H64NiO6P2. The van der Waals surface area contributed by atoms with Crippen LogP contribution in [0.1, 0.15) is 128 Å². The van der Waals surface area contributed by atoms with Crippen molar-refractivity contribution in [3.05, 3.63) is 129 Å². The minimum absolute atomic E-state index is 0. The van der Waals surface area contributed by atoms with Gasteiger partial charge in [0.15, 0.2) is 0 Å². The van der Waals surface area contributed by atoms with Gasteiger partial charge in [0.2, 0.25) is 0 Å². The molecule has 53 heavy (non-hydrogen) atoms. The molecule has 2 N–H and O–H groups in total. The monoisotopic (exact) mass is 808 g/mol. The van der Waals surface area contributed by atoms with Crippen molar-refractivity contribution in [3.8, 4) is 11.5 Å². The van der Waals surface area contributed by atoms with E-state index < -0.39 is 17.4 Å². The van der Waals surface area contributed by atoms with E-state index in [0.717, 1.165) is 47.9 Å². The molecule has 0 fully saturated rings. The minimum atomic E-state index is -1.75. The molecule has 9 heteroatoms. The van der Waals surface area contributed by atoms with Gasteiger partial charge < -0.3 is 29.1 Å². The van der Waals surface area contributed by atoms with Crippen LogP contribution >= 0.6 is 17.4 Å². The van der Waals surface area contributed by atoms with Gasteiger partial charge in [-0.05, 0) is 109 Å². The Hall–Kier alpha value is -2.65. The topological polar surface area (TPSA) is 121 Å². The number of aromatic hydroxyl groups is 2. The second kappa shape index (κ2) is 22.7. The van der Waals surface area contributed by atoms with Crippen molar-refractivity contribution in [2.45, 2.75) is 130 Å². The largest absolute Gasteiger partial charge is 2.00 e. The van der Waals surface area contributed by atoms with Crippen molar-refractivity contribution in [1.29, 1.82) is 0 Å². The molecule has 0 aliphatic heterocycles. The normalized spacial score (nSPS) is 11.9. The average molecular weight is 810 g/mol. The Labute approximate surface area is 333 Å². The summed E-state index contributed by atoms with van der Waals surface area (Å²) in [5, 5.41) is 21.5. The summed E-state index contributed by atoms with van der Waals surface area (Å²) in [4.78, 5) is 16.9. The molecule has 0 aliphatic rings. The van der Waals surface area contributed by atoms with Gasteiger partial charge in [0.05, 0.1) is 0 Å². The Morgan fingerprint density at radius 1 is 0.434 bits per heavy atom. The molecule has 4 rings (SSSR count).